The molecule has 0 spiro atoms. The van der Waals surface area contributed by atoms with Crippen LogP contribution in [0.3, 0.4) is 0 Å². The summed E-state index contributed by atoms with van der Waals surface area (Å²) in [6.07, 6.45) is 5.22. The molecule has 0 aromatic carbocycles. The van der Waals surface area contributed by atoms with Crippen LogP contribution in [-0.2, 0) is 13.5 Å². The topological polar surface area (TPSA) is 50.9 Å². The molecule has 1 N–H and O–H groups in total. The molecule has 84 valence electrons. The van der Waals surface area contributed by atoms with Crippen molar-refractivity contribution in [1.29, 1.82) is 0 Å². The highest BCUT2D eigenvalue weighted by Gasteiger charge is 2.13. The van der Waals surface area contributed by atoms with Crippen LogP contribution in [0, 0.1) is 0 Å². The second-order valence-electron chi connectivity index (χ2n) is 3.61. The zero-order valence-electron chi connectivity index (χ0n) is 8.84. The lowest BCUT2D eigenvalue weighted by Gasteiger charge is -2.09. The first-order chi connectivity index (χ1) is 7.66. The highest BCUT2D eigenvalue weighted by Crippen LogP contribution is 2.23. The zero-order valence-corrected chi connectivity index (χ0v) is 10.4. The van der Waals surface area contributed by atoms with Gasteiger partial charge in [-0.15, -0.1) is 0 Å². The molecule has 0 amide bonds. The van der Waals surface area contributed by atoms with E-state index >= 15 is 0 Å². The Morgan fingerprint density at radius 2 is 2.38 bits per heavy atom. The van der Waals surface area contributed by atoms with Crippen molar-refractivity contribution in [3.8, 4) is 0 Å². The summed E-state index contributed by atoms with van der Waals surface area (Å²) in [5, 5.41) is 14.1. The van der Waals surface area contributed by atoms with Crippen molar-refractivity contribution in [2.75, 3.05) is 0 Å². The van der Waals surface area contributed by atoms with Crippen molar-refractivity contribution in [3.63, 3.8) is 0 Å². The minimum absolute atomic E-state index is 0.517. The fraction of sp³-hybridized carbons (Fsp3) is 0.273. The van der Waals surface area contributed by atoms with E-state index in [1.54, 1.807) is 17.1 Å². The summed E-state index contributed by atoms with van der Waals surface area (Å²) in [6.45, 7) is 0. The average molecular weight is 282 g/mol. The molecule has 2 aromatic heterocycles. The number of aryl methyl sites for hydroxylation is 1. The van der Waals surface area contributed by atoms with E-state index in [2.05, 4.69) is 26.0 Å². The number of hydrogen-bond donors (Lipinski definition) is 1. The number of pyridine rings is 1. The summed E-state index contributed by atoms with van der Waals surface area (Å²) in [5.41, 5.74) is 1.65. The van der Waals surface area contributed by atoms with E-state index in [-0.39, 0.29) is 0 Å². The third kappa shape index (κ3) is 2.48. The van der Waals surface area contributed by atoms with Crippen LogP contribution in [0.25, 0.3) is 0 Å². The molecular weight excluding hydrogens is 270 g/mol. The van der Waals surface area contributed by atoms with Gasteiger partial charge in [-0.3, -0.25) is 9.67 Å². The van der Waals surface area contributed by atoms with Crippen LogP contribution >= 0.6 is 15.9 Å². The van der Waals surface area contributed by atoms with Crippen LogP contribution in [0.2, 0.25) is 0 Å². The average Bonchev–Trinajstić information content (AvgIpc) is 2.64. The van der Waals surface area contributed by atoms with Crippen molar-refractivity contribution >= 4 is 15.9 Å². The smallest absolute Gasteiger partial charge is 0.101 e. The summed E-state index contributed by atoms with van der Waals surface area (Å²) in [5.74, 6) is 0. The van der Waals surface area contributed by atoms with Gasteiger partial charge in [0.1, 0.15) is 6.10 Å². The highest BCUT2D eigenvalue weighted by molar-refractivity contribution is 9.10. The van der Waals surface area contributed by atoms with Gasteiger partial charge in [0.15, 0.2) is 0 Å². The van der Waals surface area contributed by atoms with E-state index in [0.29, 0.717) is 12.1 Å². The molecule has 0 radical (unpaired) electrons. The third-order valence-electron chi connectivity index (χ3n) is 2.29. The maximum Gasteiger partial charge on any atom is 0.101 e. The molecule has 1 unspecified atom stereocenters. The molecule has 0 bridgehead atoms. The van der Waals surface area contributed by atoms with Gasteiger partial charge in [0.05, 0.1) is 11.9 Å². The number of aromatic nitrogens is 3. The zero-order chi connectivity index (χ0) is 11.5. The predicted molar refractivity (Wildman–Crippen MR) is 63.8 cm³/mol. The lowest BCUT2D eigenvalue weighted by atomic mass is 10.1. The molecule has 5 heteroatoms. The van der Waals surface area contributed by atoms with Crippen LogP contribution < -0.4 is 0 Å². The Morgan fingerprint density at radius 3 is 3.00 bits per heavy atom. The van der Waals surface area contributed by atoms with Crippen LogP contribution in [0.5, 0.6) is 0 Å². The fourth-order valence-electron chi connectivity index (χ4n) is 1.54. The molecule has 2 aromatic rings. The van der Waals surface area contributed by atoms with Crippen molar-refractivity contribution in [2.45, 2.75) is 12.5 Å². The van der Waals surface area contributed by atoms with Gasteiger partial charge < -0.3 is 5.11 Å². The van der Waals surface area contributed by atoms with Gasteiger partial charge >= 0.3 is 0 Å². The van der Waals surface area contributed by atoms with E-state index in [1.807, 2.05) is 25.4 Å². The molecule has 0 saturated heterocycles. The number of aliphatic hydroxyl groups is 1. The summed E-state index contributed by atoms with van der Waals surface area (Å²) in [7, 11) is 1.85. The minimum Gasteiger partial charge on any atom is -0.386 e. The molecule has 0 saturated carbocycles. The SMILES string of the molecule is Cn1cc(CC(O)c2ncccc2Br)cn1. The molecule has 2 heterocycles. The third-order valence-corrected chi connectivity index (χ3v) is 2.96. The monoisotopic (exact) mass is 281 g/mol. The largest absolute Gasteiger partial charge is 0.386 e. The Balaban J connectivity index is 2.14. The molecule has 0 aliphatic rings. The van der Waals surface area contributed by atoms with Crippen LogP contribution in [0.4, 0.5) is 0 Å². The van der Waals surface area contributed by atoms with Gasteiger partial charge in [-0.05, 0) is 33.6 Å². The lowest BCUT2D eigenvalue weighted by molar-refractivity contribution is 0.173. The first kappa shape index (κ1) is 11.3. The van der Waals surface area contributed by atoms with Gasteiger partial charge in [-0.25, -0.2) is 0 Å². The van der Waals surface area contributed by atoms with Gasteiger partial charge in [0, 0.05) is 30.3 Å². The van der Waals surface area contributed by atoms with E-state index < -0.39 is 6.10 Å². The van der Waals surface area contributed by atoms with Crippen molar-refractivity contribution in [1.82, 2.24) is 14.8 Å². The fourth-order valence-corrected chi connectivity index (χ4v) is 2.06. The van der Waals surface area contributed by atoms with E-state index in [0.717, 1.165) is 10.0 Å². The van der Waals surface area contributed by atoms with Gasteiger partial charge in [-0.2, -0.15) is 5.10 Å². The Hall–Kier alpha value is -1.20. The lowest BCUT2D eigenvalue weighted by Crippen LogP contribution is -2.04. The molecule has 0 aliphatic heterocycles. The van der Waals surface area contributed by atoms with Crippen LogP contribution in [0.1, 0.15) is 17.4 Å². The van der Waals surface area contributed by atoms with Gasteiger partial charge in [0.25, 0.3) is 0 Å². The second-order valence-corrected chi connectivity index (χ2v) is 4.47. The van der Waals surface area contributed by atoms with E-state index in [1.165, 1.54) is 0 Å². The Labute approximate surface area is 102 Å². The number of rotatable bonds is 3. The maximum absolute atomic E-state index is 10.0. The maximum atomic E-state index is 10.0. The minimum atomic E-state index is -0.611. The quantitative estimate of drug-likeness (QED) is 0.934. The summed E-state index contributed by atoms with van der Waals surface area (Å²) in [4.78, 5) is 4.16. The number of nitrogens with zero attached hydrogens (tertiary/aromatic N) is 3. The summed E-state index contributed by atoms with van der Waals surface area (Å²) in [6, 6.07) is 3.69. The first-order valence-electron chi connectivity index (χ1n) is 4.93. The molecule has 0 aliphatic carbocycles. The second kappa shape index (κ2) is 4.76. The Bertz CT molecular complexity index is 484. The molecule has 2 rings (SSSR count). The molecular formula is C11H12BrN3O. The van der Waals surface area contributed by atoms with E-state index in [4.69, 9.17) is 0 Å². The first-order valence-corrected chi connectivity index (χ1v) is 5.72. The molecule has 1 atom stereocenters. The molecule has 16 heavy (non-hydrogen) atoms. The van der Waals surface area contributed by atoms with E-state index in [9.17, 15) is 5.11 Å². The predicted octanol–water partition coefficient (Wildman–Crippen LogP) is 1.85. The van der Waals surface area contributed by atoms with Crippen molar-refractivity contribution in [3.05, 3.63) is 46.5 Å². The normalized spacial score (nSPS) is 12.7. The number of aliphatic hydroxyl groups excluding tert-OH is 1. The van der Waals surface area contributed by atoms with Crippen molar-refractivity contribution in [2.24, 2.45) is 7.05 Å². The molecule has 0 fully saturated rings. The van der Waals surface area contributed by atoms with Gasteiger partial charge in [-0.1, -0.05) is 0 Å². The van der Waals surface area contributed by atoms with Gasteiger partial charge in [0.2, 0.25) is 0 Å². The molecule has 4 nitrogen and oxygen atoms in total. The van der Waals surface area contributed by atoms with Crippen LogP contribution in [-0.4, -0.2) is 19.9 Å². The summed E-state index contributed by atoms with van der Waals surface area (Å²) >= 11 is 3.37. The highest BCUT2D eigenvalue weighted by atomic mass is 79.9. The van der Waals surface area contributed by atoms with Crippen LogP contribution in [0.15, 0.2) is 35.2 Å². The number of halogens is 1. The Kier molecular flexibility index (Phi) is 3.36. The summed E-state index contributed by atoms with van der Waals surface area (Å²) < 4.78 is 2.54. The van der Waals surface area contributed by atoms with Crippen molar-refractivity contribution < 1.29 is 5.11 Å². The number of hydrogen-bond acceptors (Lipinski definition) is 3. The standard InChI is InChI=1S/C11H12BrN3O/c1-15-7-8(6-14-15)5-10(16)11-9(12)3-2-4-13-11/h2-4,6-7,10,16H,5H2,1H3. The Morgan fingerprint density at radius 1 is 1.56 bits per heavy atom.